The van der Waals surface area contributed by atoms with Crippen molar-refractivity contribution in [2.45, 2.75) is 0 Å². The molecule has 1 aliphatic rings. The molecule has 8 heteroatoms. The second-order valence-corrected chi connectivity index (χ2v) is 4.45. The molecule has 0 bridgehead atoms. The van der Waals surface area contributed by atoms with Gasteiger partial charge in [-0.25, -0.2) is 0 Å². The molecule has 0 radical (unpaired) electrons. The van der Waals surface area contributed by atoms with E-state index in [9.17, 15) is 8.42 Å². The maximum Gasteiger partial charge on any atom is 1.00 e. The fourth-order valence-electron chi connectivity index (χ4n) is 1.18. The Morgan fingerprint density at radius 1 is 1.29 bits per heavy atom. The van der Waals surface area contributed by atoms with Crippen LogP contribution in [-0.2, 0) is 10.1 Å². The zero-order chi connectivity index (χ0) is 9.03. The molecule has 1 saturated heterocycles. The van der Waals surface area contributed by atoms with Gasteiger partial charge in [-0.2, -0.15) is 8.42 Å². The first-order valence-electron chi connectivity index (χ1n) is 3.96. The Morgan fingerprint density at radius 2 is 1.79 bits per heavy atom. The summed E-state index contributed by atoms with van der Waals surface area (Å²) in [5, 5.41) is 3.16. The van der Waals surface area contributed by atoms with E-state index in [0.717, 1.165) is 26.2 Å². The van der Waals surface area contributed by atoms with Gasteiger partial charge in [0.15, 0.2) is 0 Å². The molecular weight excluding hydrogens is 235 g/mol. The Balaban J connectivity index is 0. The van der Waals surface area contributed by atoms with Crippen LogP contribution in [0.5, 0.6) is 0 Å². The SMILES string of the molecule is O=S(=O)(O)CCN1CCNCC1.[K+].[OH-]. The largest absolute Gasteiger partial charge is 1.00 e. The number of rotatable bonds is 3. The second-order valence-electron chi connectivity index (χ2n) is 2.88. The van der Waals surface area contributed by atoms with Gasteiger partial charge < -0.3 is 10.8 Å². The Hall–Kier alpha value is 1.43. The third-order valence-electron chi connectivity index (χ3n) is 1.88. The number of nitrogens with zero attached hydrogens (tertiary/aromatic N) is 1. The summed E-state index contributed by atoms with van der Waals surface area (Å²) >= 11 is 0. The average molecular weight is 250 g/mol. The van der Waals surface area contributed by atoms with E-state index in [1.165, 1.54) is 0 Å². The molecule has 80 valence electrons. The van der Waals surface area contributed by atoms with Crippen LogP contribution in [-0.4, -0.2) is 61.8 Å². The molecule has 0 saturated carbocycles. The minimum Gasteiger partial charge on any atom is -0.870 e. The van der Waals surface area contributed by atoms with E-state index in [0.29, 0.717) is 6.54 Å². The van der Waals surface area contributed by atoms with Gasteiger partial charge in [0.25, 0.3) is 10.1 Å². The summed E-state index contributed by atoms with van der Waals surface area (Å²) < 4.78 is 29.3. The number of piperazine rings is 1. The van der Waals surface area contributed by atoms with Gasteiger partial charge in [-0.3, -0.25) is 9.45 Å². The zero-order valence-corrected chi connectivity index (χ0v) is 12.2. The maximum atomic E-state index is 10.4. The summed E-state index contributed by atoms with van der Waals surface area (Å²) in [6, 6.07) is 0. The van der Waals surface area contributed by atoms with Crippen molar-refractivity contribution in [2.75, 3.05) is 38.5 Å². The minimum absolute atomic E-state index is 0. The van der Waals surface area contributed by atoms with Gasteiger partial charge in [0.1, 0.15) is 0 Å². The van der Waals surface area contributed by atoms with Crippen LogP contribution in [0.4, 0.5) is 0 Å². The summed E-state index contributed by atoms with van der Waals surface area (Å²) in [6.45, 7) is 3.93. The third-order valence-corrected chi connectivity index (χ3v) is 2.57. The smallest absolute Gasteiger partial charge is 0.870 e. The van der Waals surface area contributed by atoms with Crippen LogP contribution in [0.25, 0.3) is 0 Å². The van der Waals surface area contributed by atoms with Gasteiger partial charge in [-0.05, 0) is 0 Å². The Bertz CT molecular complexity index is 228. The molecular formula is C6H15KN2O4S. The topological polar surface area (TPSA) is 99.6 Å². The van der Waals surface area contributed by atoms with Crippen molar-refractivity contribution in [1.82, 2.24) is 10.2 Å². The van der Waals surface area contributed by atoms with Crippen molar-refractivity contribution in [3.8, 4) is 0 Å². The van der Waals surface area contributed by atoms with Crippen LogP contribution in [0.3, 0.4) is 0 Å². The van der Waals surface area contributed by atoms with Crippen molar-refractivity contribution in [2.24, 2.45) is 0 Å². The van der Waals surface area contributed by atoms with E-state index >= 15 is 0 Å². The van der Waals surface area contributed by atoms with Gasteiger partial charge in [-0.1, -0.05) is 0 Å². The van der Waals surface area contributed by atoms with Crippen molar-refractivity contribution in [1.29, 1.82) is 0 Å². The van der Waals surface area contributed by atoms with Crippen molar-refractivity contribution >= 4 is 10.1 Å². The molecule has 1 fully saturated rings. The molecule has 0 aliphatic carbocycles. The molecule has 6 nitrogen and oxygen atoms in total. The average Bonchev–Trinajstić information content (AvgIpc) is 2.02. The van der Waals surface area contributed by atoms with Crippen LogP contribution < -0.4 is 56.7 Å². The molecule has 0 atom stereocenters. The standard InChI is InChI=1S/C6H14N2O3S.K.H2O/c9-12(10,11)6-5-8-3-1-7-2-4-8;;/h7H,1-6H2,(H,9,10,11);;1H2/q;+1;/p-1. The van der Waals surface area contributed by atoms with E-state index in [2.05, 4.69) is 5.32 Å². The van der Waals surface area contributed by atoms with E-state index in [4.69, 9.17) is 4.55 Å². The molecule has 0 aromatic heterocycles. The molecule has 3 N–H and O–H groups in total. The van der Waals surface area contributed by atoms with Crippen LogP contribution in [0.1, 0.15) is 0 Å². The molecule has 0 aromatic rings. The number of hydrogen-bond acceptors (Lipinski definition) is 5. The first-order chi connectivity index (χ1) is 5.58. The normalized spacial score (nSPS) is 18.1. The van der Waals surface area contributed by atoms with Crippen LogP contribution in [0, 0.1) is 0 Å². The third kappa shape index (κ3) is 8.71. The second kappa shape index (κ2) is 8.56. The summed E-state index contributed by atoms with van der Waals surface area (Å²) in [6.07, 6.45) is 0. The van der Waals surface area contributed by atoms with Crippen molar-refractivity contribution in [3.05, 3.63) is 0 Å². The molecule has 1 aliphatic heterocycles. The van der Waals surface area contributed by atoms with E-state index < -0.39 is 10.1 Å². The predicted molar refractivity (Wildman–Crippen MR) is 47.7 cm³/mol. The van der Waals surface area contributed by atoms with Crippen molar-refractivity contribution in [3.63, 3.8) is 0 Å². The van der Waals surface area contributed by atoms with Crippen molar-refractivity contribution < 1.29 is 69.8 Å². The van der Waals surface area contributed by atoms with Crippen LogP contribution >= 0.6 is 0 Å². The Labute approximate surface area is 127 Å². The summed E-state index contributed by atoms with van der Waals surface area (Å²) in [5.74, 6) is -0.160. The molecule has 1 rings (SSSR count). The summed E-state index contributed by atoms with van der Waals surface area (Å²) in [4.78, 5) is 2.02. The predicted octanol–water partition coefficient (Wildman–Crippen LogP) is -4.39. The maximum absolute atomic E-state index is 10.4. The van der Waals surface area contributed by atoms with Gasteiger partial charge in [0.05, 0.1) is 5.75 Å². The van der Waals surface area contributed by atoms with Crippen LogP contribution in [0.15, 0.2) is 0 Å². The molecule has 0 amide bonds. The molecule has 0 aromatic carbocycles. The molecule has 14 heavy (non-hydrogen) atoms. The van der Waals surface area contributed by atoms with Gasteiger partial charge in [0.2, 0.25) is 0 Å². The molecule has 1 heterocycles. The fraction of sp³-hybridized carbons (Fsp3) is 1.00. The van der Waals surface area contributed by atoms with Gasteiger partial charge >= 0.3 is 51.4 Å². The fourth-order valence-corrected chi connectivity index (χ4v) is 1.67. The monoisotopic (exact) mass is 250 g/mol. The molecule has 0 unspecified atom stereocenters. The summed E-state index contributed by atoms with van der Waals surface area (Å²) in [7, 11) is -3.79. The van der Waals surface area contributed by atoms with E-state index in [1.807, 2.05) is 4.90 Å². The van der Waals surface area contributed by atoms with Crippen LogP contribution in [0.2, 0.25) is 0 Å². The van der Waals surface area contributed by atoms with Gasteiger partial charge in [-0.15, -0.1) is 0 Å². The minimum atomic E-state index is -3.79. The Morgan fingerprint density at radius 3 is 2.21 bits per heavy atom. The van der Waals surface area contributed by atoms with E-state index in [-0.39, 0.29) is 62.6 Å². The number of hydrogen-bond donors (Lipinski definition) is 2. The first-order valence-corrected chi connectivity index (χ1v) is 5.57. The Kier molecular flexibility index (Phi) is 10.9. The van der Waals surface area contributed by atoms with Gasteiger partial charge in [0, 0.05) is 32.7 Å². The summed E-state index contributed by atoms with van der Waals surface area (Å²) in [5.41, 5.74) is 0. The number of nitrogens with one attached hydrogen (secondary N) is 1. The zero-order valence-electron chi connectivity index (χ0n) is 8.31. The quantitative estimate of drug-likeness (QED) is 0.388. The molecule has 0 spiro atoms. The van der Waals surface area contributed by atoms with E-state index in [1.54, 1.807) is 0 Å². The first kappa shape index (κ1) is 17.8.